The lowest BCUT2D eigenvalue weighted by Gasteiger charge is -2.23. The van der Waals surface area contributed by atoms with Gasteiger partial charge in [-0.1, -0.05) is 65.4 Å². The first-order valence-corrected chi connectivity index (χ1v) is 9.18. The van der Waals surface area contributed by atoms with Crippen molar-refractivity contribution < 1.29 is 0 Å². The zero-order valence-electron chi connectivity index (χ0n) is 15.0. The van der Waals surface area contributed by atoms with E-state index in [2.05, 4.69) is 56.0 Å². The number of likely N-dealkylation sites (N-methyl/N-ethyl adjacent to an activating group) is 1. The second-order valence-corrected chi connectivity index (χ2v) is 6.19. The van der Waals surface area contributed by atoms with Crippen LogP contribution in [0.25, 0.3) is 0 Å². The summed E-state index contributed by atoms with van der Waals surface area (Å²) >= 11 is 3.94. The predicted octanol–water partition coefficient (Wildman–Crippen LogP) is 5.33. The molecule has 0 aromatic heterocycles. The maximum absolute atomic E-state index is 8.06. The van der Waals surface area contributed by atoms with E-state index in [1.807, 2.05) is 0 Å². The lowest BCUT2D eigenvalue weighted by atomic mass is 9.99. The molecule has 0 radical (unpaired) electrons. The summed E-state index contributed by atoms with van der Waals surface area (Å²) < 4.78 is 3.91. The van der Waals surface area contributed by atoms with Crippen LogP contribution < -0.4 is 0 Å². The van der Waals surface area contributed by atoms with Gasteiger partial charge in [-0.3, -0.25) is 5.41 Å². The molecule has 0 spiro atoms. The molecule has 1 rings (SSSR count). The maximum Gasteiger partial charge on any atom is 0.0803 e. The quantitative estimate of drug-likeness (QED) is 0.353. The summed E-state index contributed by atoms with van der Waals surface area (Å²) in [5.41, 5.74) is 2.46. The van der Waals surface area contributed by atoms with Crippen molar-refractivity contribution in [3.63, 3.8) is 0 Å². The number of hydrogen-bond acceptors (Lipinski definition) is 4. The second kappa shape index (κ2) is 14.0. The molecular weight excluding hydrogens is 290 g/mol. The Morgan fingerprint density at radius 2 is 1.82 bits per heavy atom. The number of thiol groups is 1. The van der Waals surface area contributed by atoms with Crippen LogP contribution in [-0.2, 0) is 0 Å². The van der Waals surface area contributed by atoms with Crippen molar-refractivity contribution in [3.8, 4) is 0 Å². The molecule has 0 unspecified atom stereocenters. The van der Waals surface area contributed by atoms with Gasteiger partial charge in [-0.25, -0.2) is 4.40 Å². The Labute approximate surface area is 143 Å². The average Bonchev–Trinajstić information content (AvgIpc) is 2.53. The Bertz CT molecular complexity index is 357. The van der Waals surface area contributed by atoms with E-state index in [1.165, 1.54) is 32.1 Å². The lowest BCUT2D eigenvalue weighted by Crippen LogP contribution is -2.30. The summed E-state index contributed by atoms with van der Waals surface area (Å²) in [5, 5.41) is 8.06. The third-order valence-electron chi connectivity index (χ3n) is 3.77. The van der Waals surface area contributed by atoms with Crippen LogP contribution >= 0.6 is 12.8 Å². The number of hydrogen-bond donors (Lipinski definition) is 2. The van der Waals surface area contributed by atoms with Gasteiger partial charge in [0.1, 0.15) is 0 Å². The van der Waals surface area contributed by atoms with Crippen molar-refractivity contribution in [2.24, 2.45) is 4.40 Å². The van der Waals surface area contributed by atoms with E-state index in [9.17, 15) is 0 Å². The van der Waals surface area contributed by atoms with E-state index in [1.54, 1.807) is 0 Å². The fourth-order valence-electron chi connectivity index (χ4n) is 2.40. The third-order valence-corrected chi connectivity index (χ3v) is 4.01. The van der Waals surface area contributed by atoms with Crippen molar-refractivity contribution in [2.75, 3.05) is 20.1 Å². The summed E-state index contributed by atoms with van der Waals surface area (Å²) in [5.74, 6) is 0. The topological polar surface area (TPSA) is 39.5 Å². The Balaban J connectivity index is 0.000000534. The van der Waals surface area contributed by atoms with E-state index in [-0.39, 0.29) is 0 Å². The molecule has 1 N–H and O–H groups in total. The van der Waals surface area contributed by atoms with Crippen LogP contribution in [0.2, 0.25) is 0 Å². The van der Waals surface area contributed by atoms with E-state index in [0.717, 1.165) is 43.6 Å². The van der Waals surface area contributed by atoms with Gasteiger partial charge < -0.3 is 4.90 Å². The molecule has 3 nitrogen and oxygen atoms in total. The molecule has 1 aliphatic heterocycles. The van der Waals surface area contributed by atoms with Crippen LogP contribution in [0, 0.1) is 5.41 Å². The van der Waals surface area contributed by atoms with Crippen molar-refractivity contribution >= 4 is 24.2 Å². The van der Waals surface area contributed by atoms with Gasteiger partial charge in [-0.2, -0.15) is 0 Å². The van der Waals surface area contributed by atoms with Gasteiger partial charge in [0.2, 0.25) is 0 Å². The van der Waals surface area contributed by atoms with E-state index >= 15 is 0 Å². The Morgan fingerprint density at radius 1 is 1.18 bits per heavy atom. The Hall–Kier alpha value is -0.610. The first kappa shape index (κ1) is 21.4. The van der Waals surface area contributed by atoms with Gasteiger partial charge in [-0.15, -0.1) is 0 Å². The van der Waals surface area contributed by atoms with Crippen LogP contribution in [0.15, 0.2) is 16.0 Å². The minimum atomic E-state index is 0.568. The fraction of sp³-hybridized carbons (Fsp3) is 0.778. The van der Waals surface area contributed by atoms with Crippen LogP contribution in [0.4, 0.5) is 0 Å². The molecule has 0 atom stereocenters. The molecule has 1 heterocycles. The molecule has 0 saturated heterocycles. The van der Waals surface area contributed by atoms with Crippen molar-refractivity contribution in [1.29, 1.82) is 5.41 Å². The molecule has 0 bridgehead atoms. The lowest BCUT2D eigenvalue weighted by molar-refractivity contribution is 0.360. The van der Waals surface area contributed by atoms with Gasteiger partial charge >= 0.3 is 0 Å². The molecule has 4 heteroatoms. The van der Waals surface area contributed by atoms with E-state index in [4.69, 9.17) is 5.41 Å². The van der Waals surface area contributed by atoms with E-state index in [0.29, 0.717) is 5.71 Å². The molecule has 128 valence electrons. The van der Waals surface area contributed by atoms with Gasteiger partial charge in [0.25, 0.3) is 0 Å². The largest absolute Gasteiger partial charge is 0.302 e. The van der Waals surface area contributed by atoms with Gasteiger partial charge in [0, 0.05) is 13.1 Å². The molecule has 0 fully saturated rings. The molecule has 0 aromatic carbocycles. The molecule has 22 heavy (non-hydrogen) atoms. The molecule has 0 aromatic rings. The minimum absolute atomic E-state index is 0.568. The number of nitrogens with zero attached hydrogens (tertiary/aromatic N) is 2. The molecule has 1 aliphatic rings. The normalized spacial score (nSPS) is 15.9. The summed E-state index contributed by atoms with van der Waals surface area (Å²) in [4.78, 5) is 2.23. The van der Waals surface area contributed by atoms with Crippen LogP contribution in [0.1, 0.15) is 72.1 Å². The summed E-state index contributed by atoms with van der Waals surface area (Å²) in [6, 6.07) is 0. The Morgan fingerprint density at radius 3 is 2.27 bits per heavy atom. The first-order valence-electron chi connectivity index (χ1n) is 8.78. The van der Waals surface area contributed by atoms with Crippen LogP contribution in [0.5, 0.6) is 0 Å². The van der Waals surface area contributed by atoms with Crippen molar-refractivity contribution in [1.82, 2.24) is 4.90 Å². The highest BCUT2D eigenvalue weighted by Gasteiger charge is 2.16. The fourth-order valence-corrected chi connectivity index (χ4v) is 2.60. The predicted molar refractivity (Wildman–Crippen MR) is 104 cm³/mol. The van der Waals surface area contributed by atoms with Crippen LogP contribution in [0.3, 0.4) is 0 Å². The number of rotatable bonds is 8. The zero-order valence-corrected chi connectivity index (χ0v) is 15.9. The highest BCUT2D eigenvalue weighted by Crippen LogP contribution is 2.12. The second-order valence-electron chi connectivity index (χ2n) is 5.99. The van der Waals surface area contributed by atoms with Gasteiger partial charge in [0.05, 0.1) is 11.4 Å². The Kier molecular flexibility index (Phi) is 13.6. The van der Waals surface area contributed by atoms with E-state index < -0.39 is 0 Å². The summed E-state index contributed by atoms with van der Waals surface area (Å²) in [6.45, 7) is 8.52. The highest BCUT2D eigenvalue weighted by molar-refractivity contribution is 7.79. The van der Waals surface area contributed by atoms with Gasteiger partial charge in [0.15, 0.2) is 0 Å². The SMILES string of the molecule is CCC/C(=N/S)C(=N)C1=CCCN(C)C1.CCCCCCC. The number of nitrogens with one attached hydrogen (secondary N) is 1. The molecule has 0 aliphatic carbocycles. The molecular formula is C18H35N3S. The highest BCUT2D eigenvalue weighted by atomic mass is 32.1. The number of unbranched alkanes of at least 4 members (excludes halogenated alkanes) is 4. The first-order chi connectivity index (χ1) is 10.6. The zero-order chi connectivity index (χ0) is 16.8. The molecule has 0 saturated carbocycles. The molecule has 0 amide bonds. The monoisotopic (exact) mass is 325 g/mol. The van der Waals surface area contributed by atoms with Crippen molar-refractivity contribution in [3.05, 3.63) is 11.6 Å². The summed E-state index contributed by atoms with van der Waals surface area (Å²) in [7, 11) is 2.08. The maximum atomic E-state index is 8.06. The van der Waals surface area contributed by atoms with Crippen LogP contribution in [-0.4, -0.2) is 36.5 Å². The smallest absolute Gasteiger partial charge is 0.0803 e. The average molecular weight is 326 g/mol. The summed E-state index contributed by atoms with van der Waals surface area (Å²) in [6.07, 6.45) is 12.0. The van der Waals surface area contributed by atoms with Gasteiger partial charge in [-0.05, 0) is 38.3 Å². The van der Waals surface area contributed by atoms with Crippen molar-refractivity contribution in [2.45, 2.75) is 72.1 Å². The minimum Gasteiger partial charge on any atom is -0.302 e. The third kappa shape index (κ3) is 9.42. The standard InChI is InChI=1S/C11H19N3S.C7H16/c1-3-5-10(13-15)11(12)9-6-4-7-14(2)8-9;1-3-5-7-6-4-2/h6,12,15H,3-5,7-8H2,1-2H3;3-7H2,1-2H3/b12-11?,13-10-;.